The number of rotatable bonds is 9. The minimum atomic E-state index is -4.97. The van der Waals surface area contributed by atoms with Crippen molar-refractivity contribution < 1.29 is 31.4 Å². The van der Waals surface area contributed by atoms with Crippen LogP contribution >= 0.6 is 11.6 Å². The summed E-state index contributed by atoms with van der Waals surface area (Å²) in [5, 5.41) is 9.07. The molecule has 0 aliphatic carbocycles. The van der Waals surface area contributed by atoms with Crippen LogP contribution in [0.5, 0.6) is 5.75 Å². The van der Waals surface area contributed by atoms with Crippen molar-refractivity contribution >= 4 is 32.6 Å². The Morgan fingerprint density at radius 1 is 1.05 bits per heavy atom. The molecule has 10 nitrogen and oxygen atoms in total. The number of benzene rings is 2. The zero-order chi connectivity index (χ0) is 28.5. The minimum absolute atomic E-state index is 0.0175. The van der Waals surface area contributed by atoms with E-state index in [1.165, 1.54) is 19.2 Å². The van der Waals surface area contributed by atoms with Crippen LogP contribution in [0, 0.1) is 0 Å². The first-order chi connectivity index (χ1) is 18.3. The summed E-state index contributed by atoms with van der Waals surface area (Å²) >= 11 is 5.96. The lowest BCUT2D eigenvalue weighted by Crippen LogP contribution is -2.40. The molecule has 4 aromatic rings. The molecule has 208 valence electrons. The minimum Gasteiger partial charge on any atom is -0.406 e. The Bertz CT molecular complexity index is 1750. The summed E-state index contributed by atoms with van der Waals surface area (Å²) in [6.07, 6.45) is -4.86. The van der Waals surface area contributed by atoms with Crippen LogP contribution in [0.1, 0.15) is 17.5 Å². The first kappa shape index (κ1) is 28.4. The van der Waals surface area contributed by atoms with Gasteiger partial charge in [0.05, 0.1) is 12.3 Å². The maximum atomic E-state index is 13.6. The molecule has 2 aromatic heterocycles. The Labute approximate surface area is 224 Å². The molecular formula is C24H22ClF3N4O6S. The van der Waals surface area contributed by atoms with Gasteiger partial charge in [0.2, 0.25) is 15.0 Å². The van der Waals surface area contributed by atoms with Crippen molar-refractivity contribution in [3.05, 3.63) is 85.5 Å². The molecule has 39 heavy (non-hydrogen) atoms. The smallest absolute Gasteiger partial charge is 0.406 e. The Kier molecular flexibility index (Phi) is 7.91. The van der Waals surface area contributed by atoms with Gasteiger partial charge in [-0.05, 0) is 41.8 Å². The van der Waals surface area contributed by atoms with E-state index in [0.717, 1.165) is 25.8 Å². The number of aromatic nitrogens is 4. The average Bonchev–Trinajstić information content (AvgIpc) is 3.23. The van der Waals surface area contributed by atoms with Gasteiger partial charge < -0.3 is 14.4 Å². The summed E-state index contributed by atoms with van der Waals surface area (Å²) in [6.45, 7) is -0.542. The second kappa shape index (κ2) is 10.9. The number of aliphatic hydroxyl groups is 1. The highest BCUT2D eigenvalue weighted by molar-refractivity contribution is 7.90. The molecule has 0 aliphatic heterocycles. The highest BCUT2D eigenvalue weighted by Crippen LogP contribution is 2.26. The number of hydrogen-bond acceptors (Lipinski definition) is 7. The lowest BCUT2D eigenvalue weighted by molar-refractivity contribution is -0.274. The summed E-state index contributed by atoms with van der Waals surface area (Å²) in [6, 6.07) is 10.9. The van der Waals surface area contributed by atoms with Crippen LogP contribution in [0.2, 0.25) is 5.02 Å². The first-order valence-corrected chi connectivity index (χ1v) is 13.5. The van der Waals surface area contributed by atoms with E-state index in [9.17, 15) is 36.3 Å². The number of fused-ring (bicyclic) bond motifs is 1. The molecule has 0 aliphatic rings. The van der Waals surface area contributed by atoms with Crippen molar-refractivity contribution in [3.8, 4) is 5.75 Å². The van der Waals surface area contributed by atoms with Crippen LogP contribution in [0.4, 0.5) is 13.2 Å². The zero-order valence-electron chi connectivity index (χ0n) is 20.4. The van der Waals surface area contributed by atoms with Crippen molar-refractivity contribution in [3.63, 3.8) is 0 Å². The molecule has 0 unspecified atom stereocenters. The quantitative estimate of drug-likeness (QED) is 0.320. The van der Waals surface area contributed by atoms with Crippen molar-refractivity contribution in [2.75, 3.05) is 6.61 Å². The Balaban J connectivity index is 1.90. The Morgan fingerprint density at radius 3 is 2.38 bits per heavy atom. The third-order valence-electron chi connectivity index (χ3n) is 5.76. The van der Waals surface area contributed by atoms with Crippen LogP contribution in [-0.2, 0) is 35.7 Å². The number of alkyl halides is 3. The van der Waals surface area contributed by atoms with E-state index in [1.807, 2.05) is 0 Å². The second-order valence-corrected chi connectivity index (χ2v) is 10.9. The normalized spacial score (nSPS) is 12.3. The van der Waals surface area contributed by atoms with Gasteiger partial charge in [0.25, 0.3) is 5.56 Å². The fraction of sp³-hybridized carbons (Fsp3) is 0.292. The van der Waals surface area contributed by atoms with Gasteiger partial charge in [-0.2, -0.15) is 4.98 Å². The predicted octanol–water partition coefficient (Wildman–Crippen LogP) is 2.85. The van der Waals surface area contributed by atoms with E-state index in [1.54, 1.807) is 24.3 Å². The Morgan fingerprint density at radius 2 is 1.74 bits per heavy atom. The maximum absolute atomic E-state index is 13.6. The van der Waals surface area contributed by atoms with Gasteiger partial charge in [0, 0.05) is 25.2 Å². The van der Waals surface area contributed by atoms with E-state index in [-0.39, 0.29) is 42.8 Å². The fourth-order valence-corrected chi connectivity index (χ4v) is 5.64. The second-order valence-electron chi connectivity index (χ2n) is 8.61. The molecule has 2 heterocycles. The monoisotopic (exact) mass is 586 g/mol. The van der Waals surface area contributed by atoms with E-state index in [4.69, 9.17) is 11.6 Å². The zero-order valence-corrected chi connectivity index (χ0v) is 21.9. The third-order valence-corrected chi connectivity index (χ3v) is 7.59. The molecule has 0 amide bonds. The number of nitrogens with zero attached hydrogens (tertiary/aromatic N) is 4. The topological polar surface area (TPSA) is 125 Å². The number of hydrogen-bond donors (Lipinski definition) is 1. The van der Waals surface area contributed by atoms with Gasteiger partial charge >= 0.3 is 12.1 Å². The van der Waals surface area contributed by atoms with E-state index < -0.39 is 44.1 Å². The third kappa shape index (κ3) is 6.18. The average molecular weight is 587 g/mol. The molecule has 0 bridgehead atoms. The lowest BCUT2D eigenvalue weighted by Gasteiger charge is -2.12. The number of sulfone groups is 1. The van der Waals surface area contributed by atoms with Gasteiger partial charge in [-0.15, -0.1) is 13.2 Å². The predicted molar refractivity (Wildman–Crippen MR) is 136 cm³/mol. The number of aryl methyl sites for hydroxylation is 1. The molecular weight excluding hydrogens is 565 g/mol. The molecule has 2 aromatic carbocycles. The van der Waals surface area contributed by atoms with Gasteiger partial charge in [0.1, 0.15) is 5.75 Å². The van der Waals surface area contributed by atoms with Crippen molar-refractivity contribution in [1.29, 1.82) is 0 Å². The Hall–Kier alpha value is -3.62. The molecule has 0 atom stereocenters. The molecule has 0 saturated carbocycles. The number of aliphatic hydroxyl groups excluding tert-OH is 1. The van der Waals surface area contributed by atoms with Gasteiger partial charge in [-0.3, -0.25) is 13.9 Å². The van der Waals surface area contributed by atoms with Crippen molar-refractivity contribution in [2.45, 2.75) is 36.8 Å². The first-order valence-electron chi connectivity index (χ1n) is 11.4. The fourth-order valence-electron chi connectivity index (χ4n) is 4.05. The van der Waals surface area contributed by atoms with Gasteiger partial charge in [-0.1, -0.05) is 35.9 Å². The van der Waals surface area contributed by atoms with E-state index >= 15 is 0 Å². The lowest BCUT2D eigenvalue weighted by atomic mass is 10.2. The van der Waals surface area contributed by atoms with Crippen LogP contribution in [0.25, 0.3) is 11.2 Å². The summed E-state index contributed by atoms with van der Waals surface area (Å²) in [4.78, 5) is 30.4. The van der Waals surface area contributed by atoms with Gasteiger partial charge in [0.15, 0.2) is 11.2 Å². The number of imidazole rings is 1. The maximum Gasteiger partial charge on any atom is 0.573 e. The highest BCUT2D eigenvalue weighted by Gasteiger charge is 2.32. The summed E-state index contributed by atoms with van der Waals surface area (Å²) in [7, 11) is -3.06. The number of halogens is 4. The molecule has 0 saturated heterocycles. The molecule has 1 N–H and O–H groups in total. The number of ether oxygens (including phenoxy) is 1. The molecule has 0 radical (unpaired) electrons. The molecule has 15 heteroatoms. The van der Waals surface area contributed by atoms with Crippen molar-refractivity contribution in [2.24, 2.45) is 7.05 Å². The molecule has 4 rings (SSSR count). The van der Waals surface area contributed by atoms with Crippen LogP contribution in [0.15, 0.2) is 63.3 Å². The molecule has 0 fully saturated rings. The highest BCUT2D eigenvalue weighted by atomic mass is 35.5. The standard InChI is InChI=1S/C24H22ClF3N4O6S/c1-30-20-19(21(34)31(23(30)35)10-3-11-33)32(13-15-6-8-17(25)9-7-15)22(29-20)39(36,37)14-16-4-2-5-18(12-16)38-24(26,27)28/h2,4-9,12,33H,3,10-11,13-14H2,1H3. The van der Waals surface area contributed by atoms with Gasteiger partial charge in [-0.25, -0.2) is 13.2 Å². The van der Waals surface area contributed by atoms with E-state index in [0.29, 0.717) is 10.6 Å². The van der Waals surface area contributed by atoms with Crippen LogP contribution in [-0.4, -0.2) is 45.2 Å². The van der Waals surface area contributed by atoms with E-state index in [2.05, 4.69) is 9.72 Å². The largest absolute Gasteiger partial charge is 0.573 e. The summed E-state index contributed by atoms with van der Waals surface area (Å²) in [5.41, 5.74) is -1.37. The van der Waals surface area contributed by atoms with Crippen molar-refractivity contribution in [1.82, 2.24) is 18.7 Å². The van der Waals surface area contributed by atoms with Crippen LogP contribution in [0.3, 0.4) is 0 Å². The summed E-state index contributed by atoms with van der Waals surface area (Å²) < 4.78 is 72.1. The summed E-state index contributed by atoms with van der Waals surface area (Å²) in [5.74, 6) is -1.36. The molecule has 0 spiro atoms. The SMILES string of the molecule is Cn1c(=O)n(CCCO)c(=O)c2c1nc(S(=O)(=O)Cc1cccc(OC(F)(F)F)c1)n2Cc1ccc(Cl)cc1. The van der Waals surface area contributed by atoms with Crippen LogP contribution < -0.4 is 16.0 Å².